The van der Waals surface area contributed by atoms with Crippen molar-refractivity contribution in [2.24, 2.45) is 0 Å². The van der Waals surface area contributed by atoms with E-state index in [0.717, 1.165) is 16.8 Å². The third kappa shape index (κ3) is 4.91. The number of carbonyl (C=O) groups excluding carboxylic acids is 1. The fourth-order valence-corrected chi connectivity index (χ4v) is 4.68. The van der Waals surface area contributed by atoms with E-state index in [-0.39, 0.29) is 31.6 Å². The first kappa shape index (κ1) is 22.8. The quantitative estimate of drug-likeness (QED) is 0.133. The van der Waals surface area contributed by atoms with Crippen LogP contribution in [-0.2, 0) is 24.9 Å². The molecule has 5 heteroatoms. The van der Waals surface area contributed by atoms with Crippen molar-refractivity contribution in [2.75, 3.05) is 0 Å². The number of rotatable bonds is 2. The summed E-state index contributed by atoms with van der Waals surface area (Å²) in [5.41, 5.74) is 3.11. The molecule has 3 nitrogen and oxygen atoms in total. The second kappa shape index (κ2) is 9.97. The Morgan fingerprint density at radius 2 is 1.65 bits per heavy atom. The van der Waals surface area contributed by atoms with E-state index in [1.807, 2.05) is 35.6 Å². The molecule has 0 saturated carbocycles. The number of hydrogen-bond acceptors (Lipinski definition) is 4. The summed E-state index contributed by atoms with van der Waals surface area (Å²) in [5, 5.41) is 12.1. The predicted molar refractivity (Wildman–Crippen MR) is 126 cm³/mol. The van der Waals surface area contributed by atoms with Crippen molar-refractivity contribution < 1.29 is 30.0 Å². The van der Waals surface area contributed by atoms with Crippen LogP contribution in [0.15, 0.2) is 84.6 Å². The predicted octanol–water partition coefficient (Wildman–Crippen LogP) is 7.10. The Kier molecular flexibility index (Phi) is 7.34. The molecule has 0 fully saturated rings. The first-order valence-corrected chi connectivity index (χ1v) is 10.4. The van der Waals surface area contributed by atoms with Crippen LogP contribution in [0.4, 0.5) is 0 Å². The SMILES string of the molecule is CC(=O)/C=C(/C)O.[Ir].[c-]1ccccc1-c1nc2ccccc2c2sc3ccccc3c12. The van der Waals surface area contributed by atoms with Gasteiger partial charge in [-0.1, -0.05) is 36.4 Å². The Balaban J connectivity index is 0.000000299. The van der Waals surface area contributed by atoms with Crippen molar-refractivity contribution in [2.45, 2.75) is 13.8 Å². The molecule has 1 N–H and O–H groups in total. The van der Waals surface area contributed by atoms with E-state index in [1.165, 1.54) is 45.5 Å². The van der Waals surface area contributed by atoms with Crippen molar-refractivity contribution >= 4 is 48.2 Å². The van der Waals surface area contributed by atoms with E-state index in [9.17, 15) is 4.79 Å². The van der Waals surface area contributed by atoms with E-state index in [2.05, 4.69) is 54.6 Å². The summed E-state index contributed by atoms with van der Waals surface area (Å²) < 4.78 is 2.61. The smallest absolute Gasteiger partial charge is 0.155 e. The maximum atomic E-state index is 10.0. The summed E-state index contributed by atoms with van der Waals surface area (Å²) in [6.07, 6.45) is 1.17. The summed E-state index contributed by atoms with van der Waals surface area (Å²) in [4.78, 5) is 15.0. The molecule has 0 aliphatic heterocycles. The number of ketones is 1. The summed E-state index contributed by atoms with van der Waals surface area (Å²) in [5.74, 6) is -0.0625. The Hall–Kier alpha value is -2.85. The first-order valence-electron chi connectivity index (χ1n) is 9.59. The molecule has 31 heavy (non-hydrogen) atoms. The molecule has 0 unspecified atom stereocenters. The Bertz CT molecular complexity index is 1390. The van der Waals surface area contributed by atoms with Crippen LogP contribution in [0.5, 0.6) is 0 Å². The molecule has 157 valence electrons. The molecular formula is C26H20IrNO2S-. The van der Waals surface area contributed by atoms with Gasteiger partial charge in [0.15, 0.2) is 5.78 Å². The Morgan fingerprint density at radius 1 is 0.968 bits per heavy atom. The molecule has 3 aromatic carbocycles. The minimum absolute atomic E-state index is 0. The fraction of sp³-hybridized carbons (Fsp3) is 0.0769. The van der Waals surface area contributed by atoms with E-state index in [0.29, 0.717) is 0 Å². The van der Waals surface area contributed by atoms with Gasteiger partial charge in [-0.25, -0.2) is 0 Å². The van der Waals surface area contributed by atoms with Crippen LogP contribution in [0.3, 0.4) is 0 Å². The van der Waals surface area contributed by atoms with Crippen molar-refractivity contribution in [1.82, 2.24) is 4.98 Å². The van der Waals surface area contributed by atoms with Gasteiger partial charge in [-0.3, -0.25) is 9.78 Å². The molecule has 1 radical (unpaired) electrons. The number of aromatic nitrogens is 1. The van der Waals surface area contributed by atoms with Gasteiger partial charge in [-0.05, 0) is 42.4 Å². The van der Waals surface area contributed by atoms with E-state index in [1.54, 1.807) is 0 Å². The normalized spacial score (nSPS) is 11.1. The number of benzene rings is 3. The number of hydrogen-bond donors (Lipinski definition) is 1. The van der Waals surface area contributed by atoms with E-state index in [4.69, 9.17) is 10.1 Å². The van der Waals surface area contributed by atoms with Crippen LogP contribution in [0, 0.1) is 6.07 Å². The maximum Gasteiger partial charge on any atom is 0.155 e. The number of aliphatic hydroxyl groups is 1. The minimum atomic E-state index is -0.125. The molecular weight excluding hydrogens is 583 g/mol. The van der Waals surface area contributed by atoms with Crippen LogP contribution in [-0.4, -0.2) is 15.9 Å². The number of allylic oxidation sites excluding steroid dienone is 2. The van der Waals surface area contributed by atoms with Crippen LogP contribution in [0.25, 0.3) is 42.3 Å². The number of thiophene rings is 1. The minimum Gasteiger partial charge on any atom is -0.512 e. The largest absolute Gasteiger partial charge is 0.512 e. The topological polar surface area (TPSA) is 50.2 Å². The number of para-hydroxylation sites is 1. The molecule has 0 aliphatic carbocycles. The molecule has 0 atom stereocenters. The average molecular weight is 603 g/mol. The van der Waals surface area contributed by atoms with Gasteiger partial charge in [0.25, 0.3) is 0 Å². The van der Waals surface area contributed by atoms with Gasteiger partial charge in [0.1, 0.15) is 0 Å². The molecule has 5 rings (SSSR count). The van der Waals surface area contributed by atoms with Crippen molar-refractivity contribution in [3.05, 3.63) is 90.7 Å². The molecule has 0 aliphatic rings. The van der Waals surface area contributed by atoms with Gasteiger partial charge in [-0.15, -0.1) is 47.2 Å². The number of nitrogens with zero attached hydrogens (tertiary/aromatic N) is 1. The monoisotopic (exact) mass is 603 g/mol. The van der Waals surface area contributed by atoms with Crippen molar-refractivity contribution in [1.29, 1.82) is 0 Å². The van der Waals surface area contributed by atoms with Crippen LogP contribution >= 0.6 is 11.3 Å². The molecule has 0 spiro atoms. The van der Waals surface area contributed by atoms with Crippen LogP contribution in [0.1, 0.15) is 13.8 Å². The summed E-state index contributed by atoms with van der Waals surface area (Å²) in [7, 11) is 0. The number of pyridine rings is 1. The Morgan fingerprint density at radius 3 is 2.29 bits per heavy atom. The number of aliphatic hydroxyl groups excluding tert-OH is 1. The van der Waals surface area contributed by atoms with Gasteiger partial charge in [0.2, 0.25) is 0 Å². The van der Waals surface area contributed by atoms with Gasteiger partial charge in [-0.2, -0.15) is 0 Å². The number of carbonyl (C=O) groups is 1. The van der Waals surface area contributed by atoms with E-state index >= 15 is 0 Å². The second-order valence-electron chi connectivity index (χ2n) is 6.95. The first-order chi connectivity index (χ1) is 14.5. The van der Waals surface area contributed by atoms with Gasteiger partial charge >= 0.3 is 0 Å². The van der Waals surface area contributed by atoms with E-state index < -0.39 is 0 Å². The van der Waals surface area contributed by atoms with Gasteiger partial charge in [0.05, 0.1) is 11.3 Å². The number of fused-ring (bicyclic) bond motifs is 5. The zero-order valence-electron chi connectivity index (χ0n) is 17.0. The zero-order valence-corrected chi connectivity index (χ0v) is 20.3. The zero-order chi connectivity index (χ0) is 21.1. The maximum absolute atomic E-state index is 10.0. The standard InChI is InChI=1S/C21H12NS.C5H8O2.Ir/c1-2-8-14(9-3-1)20-19-16-11-5-7-13-18(16)23-21(19)15-10-4-6-12-17(15)22-20;1-4(6)3-5(2)7;/h1-8,10-13H;3,6H,1-2H3;/q-1;;/b;4-3-;. The third-order valence-electron chi connectivity index (χ3n) is 4.59. The summed E-state index contributed by atoms with van der Waals surface area (Å²) >= 11 is 1.85. The van der Waals surface area contributed by atoms with Gasteiger partial charge in [0, 0.05) is 41.0 Å². The molecule has 2 heterocycles. The van der Waals surface area contributed by atoms with Gasteiger partial charge < -0.3 is 5.11 Å². The van der Waals surface area contributed by atoms with Crippen molar-refractivity contribution in [3.63, 3.8) is 0 Å². The van der Waals surface area contributed by atoms with Crippen LogP contribution in [0.2, 0.25) is 0 Å². The second-order valence-corrected chi connectivity index (χ2v) is 8.00. The molecule has 0 amide bonds. The fourth-order valence-electron chi connectivity index (χ4n) is 3.44. The average Bonchev–Trinajstić information content (AvgIpc) is 3.13. The molecule has 0 bridgehead atoms. The van der Waals surface area contributed by atoms with Crippen molar-refractivity contribution in [3.8, 4) is 11.3 Å². The molecule has 5 aromatic rings. The Labute approximate surface area is 198 Å². The molecule has 0 saturated heterocycles. The third-order valence-corrected chi connectivity index (χ3v) is 5.79. The molecule has 2 aromatic heterocycles. The summed E-state index contributed by atoms with van der Waals surface area (Å²) in [6.45, 7) is 2.85. The van der Waals surface area contributed by atoms with Crippen LogP contribution < -0.4 is 0 Å². The summed E-state index contributed by atoms with van der Waals surface area (Å²) in [6, 6.07) is 28.4.